The SMILES string of the molecule is Cc1cc(C(N)c2cc3c(cc2Cl)NC(=O)C3)sc1C. The van der Waals surface area contributed by atoms with E-state index < -0.39 is 0 Å². The standard InChI is InChI=1S/C15H15ClN2OS/c1-7-3-13(20-8(7)2)15(17)10-4-9-5-14(19)18-12(9)6-11(10)16/h3-4,6,15H,5,17H2,1-2H3,(H,18,19). The van der Waals surface area contributed by atoms with Gasteiger partial charge in [0, 0.05) is 20.5 Å². The molecule has 0 radical (unpaired) electrons. The molecule has 0 bridgehead atoms. The first-order valence-corrected chi connectivity index (χ1v) is 7.60. The molecular weight excluding hydrogens is 292 g/mol. The Morgan fingerprint density at radius 2 is 2.10 bits per heavy atom. The van der Waals surface area contributed by atoms with Crippen molar-refractivity contribution in [3.05, 3.63) is 49.7 Å². The molecule has 3 rings (SSSR count). The number of nitrogens with two attached hydrogens (primary N) is 1. The molecule has 104 valence electrons. The van der Waals surface area contributed by atoms with Gasteiger partial charge in [-0.25, -0.2) is 0 Å². The van der Waals surface area contributed by atoms with Gasteiger partial charge in [-0.05, 0) is 48.7 Å². The molecule has 1 aliphatic rings. The van der Waals surface area contributed by atoms with Crippen molar-refractivity contribution in [1.29, 1.82) is 0 Å². The normalized spacial score (nSPS) is 15.1. The molecule has 3 N–H and O–H groups in total. The van der Waals surface area contributed by atoms with Gasteiger partial charge in [0.1, 0.15) is 0 Å². The molecule has 1 amide bonds. The minimum Gasteiger partial charge on any atom is -0.325 e. The third-order valence-corrected chi connectivity index (χ3v) is 5.24. The second-order valence-corrected chi connectivity index (χ2v) is 6.82. The number of halogens is 1. The third-order valence-electron chi connectivity index (χ3n) is 3.67. The quantitative estimate of drug-likeness (QED) is 0.891. The second kappa shape index (κ2) is 4.88. The Bertz CT molecular complexity index is 689. The number of hydrogen-bond acceptors (Lipinski definition) is 3. The van der Waals surface area contributed by atoms with Crippen molar-refractivity contribution in [1.82, 2.24) is 0 Å². The number of aryl methyl sites for hydroxylation is 2. The van der Waals surface area contributed by atoms with E-state index in [1.165, 1.54) is 10.4 Å². The maximum absolute atomic E-state index is 11.4. The topological polar surface area (TPSA) is 55.1 Å². The van der Waals surface area contributed by atoms with Crippen LogP contribution in [-0.2, 0) is 11.2 Å². The van der Waals surface area contributed by atoms with Crippen molar-refractivity contribution in [3.63, 3.8) is 0 Å². The van der Waals surface area contributed by atoms with Gasteiger partial charge >= 0.3 is 0 Å². The summed E-state index contributed by atoms with van der Waals surface area (Å²) >= 11 is 8.01. The van der Waals surface area contributed by atoms with Crippen molar-refractivity contribution in [2.24, 2.45) is 5.73 Å². The van der Waals surface area contributed by atoms with Crippen LogP contribution < -0.4 is 11.1 Å². The van der Waals surface area contributed by atoms with Gasteiger partial charge in [0.15, 0.2) is 0 Å². The van der Waals surface area contributed by atoms with E-state index in [9.17, 15) is 4.79 Å². The number of carbonyl (C=O) groups excluding carboxylic acids is 1. The summed E-state index contributed by atoms with van der Waals surface area (Å²) in [5, 5.41) is 3.39. The van der Waals surface area contributed by atoms with Crippen molar-refractivity contribution in [2.75, 3.05) is 5.32 Å². The zero-order valence-corrected chi connectivity index (χ0v) is 12.9. The number of fused-ring (bicyclic) bond motifs is 1. The summed E-state index contributed by atoms with van der Waals surface area (Å²) in [7, 11) is 0. The monoisotopic (exact) mass is 306 g/mol. The first-order valence-electron chi connectivity index (χ1n) is 6.40. The number of thiophene rings is 1. The molecule has 0 saturated carbocycles. The van der Waals surface area contributed by atoms with Gasteiger partial charge in [-0.1, -0.05) is 11.6 Å². The Morgan fingerprint density at radius 1 is 1.35 bits per heavy atom. The summed E-state index contributed by atoms with van der Waals surface area (Å²) in [5.74, 6) is 0.00426. The molecule has 0 spiro atoms. The molecule has 0 aliphatic carbocycles. The average molecular weight is 307 g/mol. The number of hydrogen-bond donors (Lipinski definition) is 2. The number of carbonyl (C=O) groups is 1. The van der Waals surface area contributed by atoms with Gasteiger partial charge in [-0.2, -0.15) is 0 Å². The smallest absolute Gasteiger partial charge is 0.228 e. The van der Waals surface area contributed by atoms with Crippen LogP contribution in [0.15, 0.2) is 18.2 Å². The molecule has 1 aliphatic heterocycles. The maximum Gasteiger partial charge on any atom is 0.228 e. The average Bonchev–Trinajstić information content (AvgIpc) is 2.90. The minimum absolute atomic E-state index is 0.00426. The van der Waals surface area contributed by atoms with Gasteiger partial charge in [0.05, 0.1) is 12.5 Å². The molecule has 2 heterocycles. The lowest BCUT2D eigenvalue weighted by atomic mass is 10.0. The van der Waals surface area contributed by atoms with Crippen LogP contribution in [0.2, 0.25) is 5.02 Å². The fourth-order valence-corrected chi connectivity index (χ4v) is 3.76. The third kappa shape index (κ3) is 2.24. The van der Waals surface area contributed by atoms with Gasteiger partial charge < -0.3 is 11.1 Å². The lowest BCUT2D eigenvalue weighted by Crippen LogP contribution is -2.11. The lowest BCUT2D eigenvalue weighted by molar-refractivity contribution is -0.115. The number of benzene rings is 1. The first-order chi connectivity index (χ1) is 9.45. The molecule has 2 aromatic rings. The zero-order chi connectivity index (χ0) is 14.4. The zero-order valence-electron chi connectivity index (χ0n) is 11.3. The summed E-state index contributed by atoms with van der Waals surface area (Å²) in [5.41, 5.74) is 10.2. The Labute approximate surface area is 126 Å². The second-order valence-electron chi connectivity index (χ2n) is 5.12. The van der Waals surface area contributed by atoms with Crippen LogP contribution in [0.1, 0.15) is 32.5 Å². The number of nitrogens with one attached hydrogen (secondary N) is 1. The number of rotatable bonds is 2. The summed E-state index contributed by atoms with van der Waals surface area (Å²) in [6.45, 7) is 4.16. The number of anilines is 1. The summed E-state index contributed by atoms with van der Waals surface area (Å²) in [4.78, 5) is 13.8. The van der Waals surface area contributed by atoms with E-state index in [0.717, 1.165) is 21.7 Å². The van der Waals surface area contributed by atoms with Crippen LogP contribution in [0.3, 0.4) is 0 Å². The summed E-state index contributed by atoms with van der Waals surface area (Å²) in [6, 6.07) is 5.60. The molecule has 5 heteroatoms. The molecule has 1 unspecified atom stereocenters. The molecule has 3 nitrogen and oxygen atoms in total. The van der Waals surface area contributed by atoms with Gasteiger partial charge in [-0.15, -0.1) is 11.3 Å². The van der Waals surface area contributed by atoms with E-state index in [4.69, 9.17) is 17.3 Å². The van der Waals surface area contributed by atoms with E-state index in [1.807, 2.05) is 6.07 Å². The molecule has 0 fully saturated rings. The predicted molar refractivity (Wildman–Crippen MR) is 83.6 cm³/mol. The Kier molecular flexibility index (Phi) is 3.32. The highest BCUT2D eigenvalue weighted by Gasteiger charge is 2.23. The van der Waals surface area contributed by atoms with E-state index in [2.05, 4.69) is 25.2 Å². The van der Waals surface area contributed by atoms with Crippen molar-refractivity contribution in [3.8, 4) is 0 Å². The summed E-state index contributed by atoms with van der Waals surface area (Å²) < 4.78 is 0. The molecule has 1 atom stereocenters. The highest BCUT2D eigenvalue weighted by Crippen LogP contribution is 2.36. The van der Waals surface area contributed by atoms with E-state index in [-0.39, 0.29) is 11.9 Å². The van der Waals surface area contributed by atoms with Crippen LogP contribution in [0.25, 0.3) is 0 Å². The molecule has 1 aromatic heterocycles. The van der Waals surface area contributed by atoms with E-state index >= 15 is 0 Å². The van der Waals surface area contributed by atoms with Crippen LogP contribution in [0.4, 0.5) is 5.69 Å². The first kappa shape index (κ1) is 13.6. The largest absolute Gasteiger partial charge is 0.325 e. The highest BCUT2D eigenvalue weighted by molar-refractivity contribution is 7.12. The fraction of sp³-hybridized carbons (Fsp3) is 0.267. The molecule has 1 aromatic carbocycles. The van der Waals surface area contributed by atoms with Crippen molar-refractivity contribution < 1.29 is 4.79 Å². The Hall–Kier alpha value is -1.36. The molecule has 0 saturated heterocycles. The minimum atomic E-state index is -0.249. The van der Waals surface area contributed by atoms with Crippen LogP contribution in [0, 0.1) is 13.8 Å². The van der Waals surface area contributed by atoms with Crippen LogP contribution in [0.5, 0.6) is 0 Å². The van der Waals surface area contributed by atoms with E-state index in [1.54, 1.807) is 17.4 Å². The van der Waals surface area contributed by atoms with Gasteiger partial charge in [0.25, 0.3) is 0 Å². The maximum atomic E-state index is 11.4. The molecular formula is C15H15ClN2OS. The fourth-order valence-electron chi connectivity index (χ4n) is 2.41. The van der Waals surface area contributed by atoms with Crippen molar-refractivity contribution in [2.45, 2.75) is 26.3 Å². The summed E-state index contributed by atoms with van der Waals surface area (Å²) in [6.07, 6.45) is 0.398. The number of amides is 1. The lowest BCUT2D eigenvalue weighted by Gasteiger charge is -2.14. The van der Waals surface area contributed by atoms with Gasteiger partial charge in [-0.3, -0.25) is 4.79 Å². The Balaban J connectivity index is 2.02. The van der Waals surface area contributed by atoms with Gasteiger partial charge in [0.2, 0.25) is 5.91 Å². The Morgan fingerprint density at radius 3 is 2.75 bits per heavy atom. The van der Waals surface area contributed by atoms with E-state index in [0.29, 0.717) is 11.4 Å². The highest BCUT2D eigenvalue weighted by atomic mass is 35.5. The van der Waals surface area contributed by atoms with Crippen molar-refractivity contribution >= 4 is 34.5 Å². The molecule has 20 heavy (non-hydrogen) atoms. The predicted octanol–water partition coefficient (Wildman–Crippen LogP) is 3.56. The van der Waals surface area contributed by atoms with Crippen LogP contribution >= 0.6 is 22.9 Å². The van der Waals surface area contributed by atoms with Crippen LogP contribution in [-0.4, -0.2) is 5.91 Å².